The fourth-order valence-electron chi connectivity index (χ4n) is 3.82. The second-order valence-electron chi connectivity index (χ2n) is 7.76. The predicted molar refractivity (Wildman–Crippen MR) is 112 cm³/mol. The molecular weight excluding hydrogens is 422 g/mol. The zero-order chi connectivity index (χ0) is 22.8. The number of amides is 1. The van der Waals surface area contributed by atoms with E-state index in [2.05, 4.69) is 10.2 Å². The van der Waals surface area contributed by atoms with Gasteiger partial charge in [-0.25, -0.2) is 13.6 Å². The number of hydrogen-bond acceptors (Lipinski definition) is 5. The Balaban J connectivity index is 1.35. The molecule has 0 bridgehead atoms. The molecule has 2 aromatic carbocycles. The van der Waals surface area contributed by atoms with E-state index in [4.69, 9.17) is 9.52 Å². The number of nitrogens with one attached hydrogen (secondary N) is 1. The molecule has 4 rings (SSSR count). The number of carbonyl (C=O) groups is 2. The molecule has 32 heavy (non-hydrogen) atoms. The van der Waals surface area contributed by atoms with E-state index in [1.54, 1.807) is 6.07 Å². The lowest BCUT2D eigenvalue weighted by Gasteiger charge is -2.32. The van der Waals surface area contributed by atoms with Gasteiger partial charge in [-0.2, -0.15) is 0 Å². The number of nitrogens with zero attached hydrogens (tertiary/aromatic N) is 1. The van der Waals surface area contributed by atoms with E-state index in [-0.39, 0.29) is 28.3 Å². The van der Waals surface area contributed by atoms with Crippen LogP contribution in [0.25, 0.3) is 11.0 Å². The van der Waals surface area contributed by atoms with Gasteiger partial charge in [0.25, 0.3) is 5.91 Å². The second kappa shape index (κ2) is 8.88. The predicted octanol–water partition coefficient (Wildman–Crippen LogP) is 3.16. The molecule has 0 spiro atoms. The average Bonchev–Trinajstić information content (AvgIpc) is 2.74. The highest BCUT2D eigenvalue weighted by Gasteiger charge is 2.23. The molecule has 166 valence electrons. The summed E-state index contributed by atoms with van der Waals surface area (Å²) in [5.74, 6) is -3.36. The van der Waals surface area contributed by atoms with E-state index in [0.29, 0.717) is 38.0 Å². The monoisotopic (exact) mass is 442 g/mol. The SMILES string of the molecule is O=C(NC1CCN(Cc2ccc(C(=O)O)c(F)c2)CC1)c1cc(=O)c2ccc(F)cc2o1. The van der Waals surface area contributed by atoms with Crippen molar-refractivity contribution >= 4 is 22.8 Å². The van der Waals surface area contributed by atoms with Crippen molar-refractivity contribution < 1.29 is 27.9 Å². The lowest BCUT2D eigenvalue weighted by atomic mass is 10.0. The Morgan fingerprint density at radius 3 is 2.53 bits per heavy atom. The van der Waals surface area contributed by atoms with Gasteiger partial charge in [-0.3, -0.25) is 14.5 Å². The quantitative estimate of drug-likeness (QED) is 0.630. The van der Waals surface area contributed by atoms with Gasteiger partial charge >= 0.3 is 5.97 Å². The summed E-state index contributed by atoms with van der Waals surface area (Å²) in [5, 5.41) is 12.0. The third-order valence-electron chi connectivity index (χ3n) is 5.51. The van der Waals surface area contributed by atoms with Gasteiger partial charge in [-0.05, 0) is 42.7 Å². The standard InChI is InChI=1S/C23H20F2N2O5/c24-14-2-4-17-19(28)11-21(32-20(17)10-14)22(29)26-15-5-7-27(8-6-15)12-13-1-3-16(23(30)31)18(25)9-13/h1-4,9-11,15H,5-8,12H2,(H,26,29)(H,30,31). The summed E-state index contributed by atoms with van der Waals surface area (Å²) in [5.41, 5.74) is -0.107. The third kappa shape index (κ3) is 4.67. The Labute approximate surface area is 181 Å². The van der Waals surface area contributed by atoms with Crippen LogP contribution in [-0.4, -0.2) is 41.0 Å². The molecule has 0 unspecified atom stereocenters. The van der Waals surface area contributed by atoms with Crippen LogP contribution in [0.2, 0.25) is 0 Å². The molecule has 0 atom stereocenters. The first kappa shape index (κ1) is 21.6. The molecule has 1 aromatic heterocycles. The van der Waals surface area contributed by atoms with Crippen LogP contribution in [0.5, 0.6) is 0 Å². The molecule has 2 N–H and O–H groups in total. The van der Waals surface area contributed by atoms with E-state index in [1.807, 2.05) is 0 Å². The molecule has 0 saturated carbocycles. The Bertz CT molecular complexity index is 1250. The van der Waals surface area contributed by atoms with Crippen LogP contribution in [0.4, 0.5) is 8.78 Å². The molecule has 7 nitrogen and oxygen atoms in total. The third-order valence-corrected chi connectivity index (χ3v) is 5.51. The number of carboxylic acid groups (broad SMARTS) is 1. The van der Waals surface area contributed by atoms with Gasteiger partial charge in [0, 0.05) is 37.8 Å². The number of benzene rings is 2. The number of likely N-dealkylation sites (tertiary alicyclic amines) is 1. The number of hydrogen-bond donors (Lipinski definition) is 2. The van der Waals surface area contributed by atoms with E-state index in [0.717, 1.165) is 18.2 Å². The summed E-state index contributed by atoms with van der Waals surface area (Å²) in [7, 11) is 0. The van der Waals surface area contributed by atoms with Gasteiger partial charge in [-0.15, -0.1) is 0 Å². The molecular formula is C23H20F2N2O5. The van der Waals surface area contributed by atoms with Crippen molar-refractivity contribution in [2.45, 2.75) is 25.4 Å². The van der Waals surface area contributed by atoms with Crippen molar-refractivity contribution in [2.24, 2.45) is 0 Å². The minimum absolute atomic E-state index is 0.0126. The van der Waals surface area contributed by atoms with Crippen molar-refractivity contribution in [2.75, 3.05) is 13.1 Å². The van der Waals surface area contributed by atoms with Crippen molar-refractivity contribution in [1.29, 1.82) is 0 Å². The maximum absolute atomic E-state index is 13.9. The van der Waals surface area contributed by atoms with Gasteiger partial charge in [0.2, 0.25) is 0 Å². The summed E-state index contributed by atoms with van der Waals surface area (Å²) in [6.07, 6.45) is 1.27. The van der Waals surface area contributed by atoms with Crippen molar-refractivity contribution in [3.63, 3.8) is 0 Å². The molecule has 2 heterocycles. The summed E-state index contributed by atoms with van der Waals surface area (Å²) >= 11 is 0. The van der Waals surface area contributed by atoms with Crippen LogP contribution in [0.15, 0.2) is 51.7 Å². The zero-order valence-electron chi connectivity index (χ0n) is 16.9. The van der Waals surface area contributed by atoms with Gasteiger partial charge in [0.15, 0.2) is 11.2 Å². The lowest BCUT2D eigenvalue weighted by Crippen LogP contribution is -2.44. The van der Waals surface area contributed by atoms with Gasteiger partial charge < -0.3 is 14.8 Å². The average molecular weight is 442 g/mol. The maximum Gasteiger partial charge on any atom is 0.338 e. The summed E-state index contributed by atoms with van der Waals surface area (Å²) in [6, 6.07) is 8.56. The summed E-state index contributed by atoms with van der Waals surface area (Å²) in [6.45, 7) is 1.74. The van der Waals surface area contributed by atoms with Crippen LogP contribution in [-0.2, 0) is 6.54 Å². The highest BCUT2D eigenvalue weighted by Crippen LogP contribution is 2.18. The number of piperidine rings is 1. The van der Waals surface area contributed by atoms with E-state index in [1.165, 1.54) is 18.2 Å². The van der Waals surface area contributed by atoms with E-state index in [9.17, 15) is 23.2 Å². The van der Waals surface area contributed by atoms with Crippen molar-refractivity contribution in [1.82, 2.24) is 10.2 Å². The summed E-state index contributed by atoms with van der Waals surface area (Å²) in [4.78, 5) is 37.7. The molecule has 0 radical (unpaired) electrons. The first-order valence-corrected chi connectivity index (χ1v) is 10.1. The molecule has 1 aliphatic heterocycles. The fraction of sp³-hybridized carbons (Fsp3) is 0.261. The van der Waals surface area contributed by atoms with Gasteiger partial charge in [-0.1, -0.05) is 6.07 Å². The summed E-state index contributed by atoms with van der Waals surface area (Å²) < 4.78 is 32.7. The topological polar surface area (TPSA) is 99.9 Å². The number of aromatic carboxylic acids is 1. The van der Waals surface area contributed by atoms with Crippen LogP contribution in [0, 0.1) is 11.6 Å². The Morgan fingerprint density at radius 2 is 1.84 bits per heavy atom. The maximum atomic E-state index is 13.9. The van der Waals surface area contributed by atoms with Crippen LogP contribution in [0.3, 0.4) is 0 Å². The molecule has 9 heteroatoms. The Kier molecular flexibility index (Phi) is 6.00. The normalized spacial score (nSPS) is 15.1. The molecule has 1 amide bonds. The molecule has 0 aliphatic carbocycles. The smallest absolute Gasteiger partial charge is 0.338 e. The van der Waals surface area contributed by atoms with Gasteiger partial charge in [0.05, 0.1) is 10.9 Å². The molecule has 1 fully saturated rings. The molecule has 1 saturated heterocycles. The highest BCUT2D eigenvalue weighted by atomic mass is 19.1. The minimum Gasteiger partial charge on any atom is -0.478 e. The van der Waals surface area contributed by atoms with Crippen molar-refractivity contribution in [3.05, 3.63) is 81.2 Å². The van der Waals surface area contributed by atoms with Gasteiger partial charge in [0.1, 0.15) is 17.2 Å². The highest BCUT2D eigenvalue weighted by molar-refractivity contribution is 5.93. The van der Waals surface area contributed by atoms with E-state index >= 15 is 0 Å². The molecule has 1 aliphatic rings. The fourth-order valence-corrected chi connectivity index (χ4v) is 3.82. The number of fused-ring (bicyclic) bond motifs is 1. The zero-order valence-corrected chi connectivity index (χ0v) is 16.9. The Hall–Kier alpha value is -3.59. The number of rotatable bonds is 5. The Morgan fingerprint density at radius 1 is 1.09 bits per heavy atom. The number of halogens is 2. The van der Waals surface area contributed by atoms with E-state index < -0.39 is 28.9 Å². The van der Waals surface area contributed by atoms with Crippen LogP contribution in [0.1, 0.15) is 39.3 Å². The van der Waals surface area contributed by atoms with Crippen LogP contribution < -0.4 is 10.7 Å². The molecule has 3 aromatic rings. The minimum atomic E-state index is -1.31. The van der Waals surface area contributed by atoms with Crippen LogP contribution >= 0.6 is 0 Å². The van der Waals surface area contributed by atoms with Crippen molar-refractivity contribution in [3.8, 4) is 0 Å². The number of carbonyl (C=O) groups excluding carboxylic acids is 1. The first-order valence-electron chi connectivity index (χ1n) is 10.1. The lowest BCUT2D eigenvalue weighted by molar-refractivity contribution is 0.0691. The first-order chi connectivity index (χ1) is 15.3. The second-order valence-corrected chi connectivity index (χ2v) is 7.76. The largest absolute Gasteiger partial charge is 0.478 e. The number of carboxylic acids is 1.